The first-order valence-electron chi connectivity index (χ1n) is 10.0. The van der Waals surface area contributed by atoms with Crippen LogP contribution < -0.4 is 5.32 Å². The van der Waals surface area contributed by atoms with E-state index in [9.17, 15) is 14.7 Å². The summed E-state index contributed by atoms with van der Waals surface area (Å²) in [6.45, 7) is 6.32. The summed E-state index contributed by atoms with van der Waals surface area (Å²) in [5, 5.41) is 13.8. The molecule has 2 N–H and O–H groups in total. The van der Waals surface area contributed by atoms with Gasteiger partial charge in [-0.15, -0.1) is 0 Å². The quantitative estimate of drug-likeness (QED) is 0.507. The molecule has 2 saturated heterocycles. The Bertz CT molecular complexity index is 674. The molecular formula is C21H31NO5S. The van der Waals surface area contributed by atoms with Crippen LogP contribution in [0.1, 0.15) is 59.3 Å². The molecule has 2 bridgehead atoms. The summed E-state index contributed by atoms with van der Waals surface area (Å²) >= 11 is 1.14. The minimum absolute atomic E-state index is 0.0181. The Morgan fingerprint density at radius 1 is 1.29 bits per heavy atom. The number of rotatable bonds is 1. The van der Waals surface area contributed by atoms with E-state index in [-0.39, 0.29) is 29.1 Å². The van der Waals surface area contributed by atoms with Crippen LogP contribution in [-0.2, 0) is 14.3 Å². The van der Waals surface area contributed by atoms with Crippen molar-refractivity contribution in [2.45, 2.75) is 83.3 Å². The number of nitrogens with one attached hydrogen (secondary N) is 1. The molecule has 1 amide bonds. The SMILES string of the molecule is CC1=CC(=O)O[C@@H]2C[C@@H](CCC(C)(C)C=CCC1)O[C@@](O)(C1CSC(=O)N1)C2. The summed E-state index contributed by atoms with van der Waals surface area (Å²) < 4.78 is 11.8. The van der Waals surface area contributed by atoms with E-state index in [2.05, 4.69) is 31.3 Å². The maximum atomic E-state index is 12.3. The first kappa shape index (κ1) is 21.4. The molecule has 0 saturated carbocycles. The molecule has 4 atom stereocenters. The summed E-state index contributed by atoms with van der Waals surface area (Å²) in [4.78, 5) is 24.0. The molecule has 2 fully saturated rings. The lowest BCUT2D eigenvalue weighted by Crippen LogP contribution is -2.58. The van der Waals surface area contributed by atoms with Gasteiger partial charge in [0.15, 0.2) is 5.79 Å². The first-order valence-corrected chi connectivity index (χ1v) is 11.0. The van der Waals surface area contributed by atoms with Gasteiger partial charge < -0.3 is 19.9 Å². The van der Waals surface area contributed by atoms with Gasteiger partial charge in [0.25, 0.3) is 5.24 Å². The van der Waals surface area contributed by atoms with Gasteiger partial charge in [0.1, 0.15) is 6.10 Å². The topological polar surface area (TPSA) is 84.9 Å². The monoisotopic (exact) mass is 409 g/mol. The van der Waals surface area contributed by atoms with Gasteiger partial charge in [-0.2, -0.15) is 0 Å². The second-order valence-electron chi connectivity index (χ2n) is 8.84. The third-order valence-electron chi connectivity index (χ3n) is 5.67. The van der Waals surface area contributed by atoms with Gasteiger partial charge >= 0.3 is 5.97 Å². The molecular weight excluding hydrogens is 378 g/mol. The standard InChI is InChI=1S/C21H31NO5S/c1-14-6-4-5-8-20(2,3)9-7-15-11-16(26-18(23)10-14)12-21(25,27-15)17-13-28-19(24)22-17/h5,8,10,15-17,25H,4,6-7,9,11-13H2,1-3H3,(H,22,24)/t15-,16-,17?,21-/m1/s1. The van der Waals surface area contributed by atoms with Crippen LogP contribution in [0.2, 0.25) is 0 Å². The predicted octanol–water partition coefficient (Wildman–Crippen LogP) is 3.69. The van der Waals surface area contributed by atoms with Crippen LogP contribution in [-0.4, -0.2) is 46.1 Å². The van der Waals surface area contributed by atoms with Gasteiger partial charge in [0, 0.05) is 24.7 Å². The van der Waals surface area contributed by atoms with E-state index in [4.69, 9.17) is 9.47 Å². The average Bonchev–Trinajstić information content (AvgIpc) is 3.03. The molecule has 3 aliphatic rings. The van der Waals surface area contributed by atoms with Crippen LogP contribution in [0.25, 0.3) is 0 Å². The smallest absolute Gasteiger partial charge is 0.330 e. The van der Waals surface area contributed by atoms with Crippen molar-refractivity contribution >= 4 is 23.0 Å². The van der Waals surface area contributed by atoms with Gasteiger partial charge in [-0.05, 0) is 38.0 Å². The highest BCUT2D eigenvalue weighted by Gasteiger charge is 2.49. The van der Waals surface area contributed by atoms with Crippen molar-refractivity contribution in [3.05, 3.63) is 23.8 Å². The molecule has 3 aliphatic heterocycles. The molecule has 0 aromatic rings. The van der Waals surface area contributed by atoms with Crippen LogP contribution in [0, 0.1) is 5.41 Å². The molecule has 0 radical (unpaired) electrons. The van der Waals surface area contributed by atoms with Gasteiger partial charge in [0.2, 0.25) is 0 Å². The van der Waals surface area contributed by atoms with Crippen molar-refractivity contribution in [2.24, 2.45) is 5.41 Å². The number of fused-ring (bicyclic) bond motifs is 2. The fourth-order valence-electron chi connectivity index (χ4n) is 4.01. The average molecular weight is 410 g/mol. The van der Waals surface area contributed by atoms with E-state index >= 15 is 0 Å². The van der Waals surface area contributed by atoms with Crippen molar-refractivity contribution in [1.82, 2.24) is 5.32 Å². The fourth-order valence-corrected chi connectivity index (χ4v) is 4.89. The number of carbonyl (C=O) groups excluding carboxylic acids is 2. The molecule has 0 aliphatic carbocycles. The normalized spacial score (nSPS) is 36.9. The zero-order valence-electron chi connectivity index (χ0n) is 16.9. The lowest BCUT2D eigenvalue weighted by atomic mass is 9.83. The Morgan fingerprint density at radius 3 is 2.79 bits per heavy atom. The number of amides is 1. The Hall–Kier alpha value is -1.31. The minimum Gasteiger partial charge on any atom is -0.459 e. The van der Waals surface area contributed by atoms with E-state index in [1.54, 1.807) is 6.08 Å². The third-order valence-corrected chi connectivity index (χ3v) is 6.55. The number of hydrogen-bond acceptors (Lipinski definition) is 6. The molecule has 0 spiro atoms. The number of hydrogen-bond donors (Lipinski definition) is 2. The Morgan fingerprint density at radius 2 is 2.07 bits per heavy atom. The van der Waals surface area contributed by atoms with Gasteiger partial charge in [-0.25, -0.2) is 4.79 Å². The molecule has 156 valence electrons. The lowest BCUT2D eigenvalue weighted by Gasteiger charge is -2.44. The van der Waals surface area contributed by atoms with Crippen molar-refractivity contribution in [3.8, 4) is 0 Å². The second-order valence-corrected chi connectivity index (χ2v) is 9.83. The minimum atomic E-state index is -1.52. The molecule has 28 heavy (non-hydrogen) atoms. The van der Waals surface area contributed by atoms with E-state index in [1.165, 1.54) is 0 Å². The third kappa shape index (κ3) is 5.61. The van der Waals surface area contributed by atoms with E-state index in [1.807, 2.05) is 6.92 Å². The summed E-state index contributed by atoms with van der Waals surface area (Å²) in [5.41, 5.74) is 0.993. The van der Waals surface area contributed by atoms with Crippen molar-refractivity contribution in [2.75, 3.05) is 5.75 Å². The van der Waals surface area contributed by atoms with E-state index < -0.39 is 17.9 Å². The van der Waals surface area contributed by atoms with E-state index in [0.29, 0.717) is 12.2 Å². The molecule has 6 nitrogen and oxygen atoms in total. The van der Waals surface area contributed by atoms with Crippen LogP contribution in [0.15, 0.2) is 23.8 Å². The number of allylic oxidation sites excluding steroid dienone is 3. The number of carbonyl (C=O) groups is 2. The van der Waals surface area contributed by atoms with Crippen molar-refractivity contribution in [3.63, 3.8) is 0 Å². The van der Waals surface area contributed by atoms with E-state index in [0.717, 1.165) is 43.0 Å². The summed E-state index contributed by atoms with van der Waals surface area (Å²) in [6.07, 6.45) is 9.32. The second kappa shape index (κ2) is 8.59. The predicted molar refractivity (Wildman–Crippen MR) is 109 cm³/mol. The Labute approximate surface area is 171 Å². The van der Waals surface area contributed by atoms with Crippen LogP contribution in [0.4, 0.5) is 4.79 Å². The zero-order valence-corrected chi connectivity index (χ0v) is 17.7. The van der Waals surface area contributed by atoms with Crippen molar-refractivity contribution < 1.29 is 24.2 Å². The lowest BCUT2D eigenvalue weighted by molar-refractivity contribution is -0.284. The highest BCUT2D eigenvalue weighted by atomic mass is 32.2. The number of thioether (sulfide) groups is 1. The molecule has 3 rings (SSSR count). The Balaban J connectivity index is 1.82. The van der Waals surface area contributed by atoms with Crippen molar-refractivity contribution in [1.29, 1.82) is 0 Å². The fraction of sp³-hybridized carbons (Fsp3) is 0.714. The molecule has 7 heteroatoms. The number of esters is 1. The summed E-state index contributed by atoms with van der Waals surface area (Å²) in [6, 6.07) is -0.502. The molecule has 1 unspecified atom stereocenters. The molecule has 3 heterocycles. The largest absolute Gasteiger partial charge is 0.459 e. The van der Waals surface area contributed by atoms with Crippen LogP contribution >= 0.6 is 11.8 Å². The highest BCUT2D eigenvalue weighted by molar-refractivity contribution is 8.14. The number of ether oxygens (including phenoxy) is 2. The zero-order chi connectivity index (χ0) is 20.4. The first-order chi connectivity index (χ1) is 13.2. The summed E-state index contributed by atoms with van der Waals surface area (Å²) in [5.74, 6) is -1.46. The Kier molecular flexibility index (Phi) is 6.57. The number of aliphatic hydroxyl groups is 1. The summed E-state index contributed by atoms with van der Waals surface area (Å²) in [7, 11) is 0. The maximum Gasteiger partial charge on any atom is 0.330 e. The van der Waals surface area contributed by atoms with Gasteiger partial charge in [-0.1, -0.05) is 43.3 Å². The van der Waals surface area contributed by atoms with Gasteiger partial charge in [0.05, 0.1) is 12.1 Å². The maximum absolute atomic E-state index is 12.3. The van der Waals surface area contributed by atoms with Crippen LogP contribution in [0.5, 0.6) is 0 Å². The highest BCUT2D eigenvalue weighted by Crippen LogP contribution is 2.38. The van der Waals surface area contributed by atoms with Gasteiger partial charge in [-0.3, -0.25) is 4.79 Å². The molecule has 0 aromatic heterocycles. The van der Waals surface area contributed by atoms with Crippen LogP contribution in [0.3, 0.4) is 0 Å². The molecule has 0 aromatic carbocycles.